The molecule has 2 amide bonds. The molecule has 1 aromatic carbocycles. The number of hydrogen-bond acceptors (Lipinski definition) is 3. The number of carbonyl (C=O) groups is 1. The first-order valence-electron chi connectivity index (χ1n) is 7.42. The lowest BCUT2D eigenvalue weighted by Crippen LogP contribution is -2.43. The summed E-state index contributed by atoms with van der Waals surface area (Å²) in [5.41, 5.74) is 0.779. The van der Waals surface area contributed by atoms with Gasteiger partial charge in [0.15, 0.2) is 11.5 Å². The van der Waals surface area contributed by atoms with Crippen LogP contribution in [0.25, 0.3) is 0 Å². The van der Waals surface area contributed by atoms with Crippen LogP contribution in [-0.2, 0) is 0 Å². The van der Waals surface area contributed by atoms with E-state index in [1.165, 1.54) is 19.3 Å². The minimum Gasteiger partial charge on any atom is -0.493 e. The number of amides is 2. The van der Waals surface area contributed by atoms with Gasteiger partial charge in [0.1, 0.15) is 0 Å². The summed E-state index contributed by atoms with van der Waals surface area (Å²) in [7, 11) is 4.94. The van der Waals surface area contributed by atoms with Crippen molar-refractivity contribution in [3.05, 3.63) is 18.2 Å². The van der Waals surface area contributed by atoms with E-state index in [1.807, 2.05) is 6.07 Å². The van der Waals surface area contributed by atoms with Crippen LogP contribution in [0, 0.1) is 0 Å². The van der Waals surface area contributed by atoms with E-state index in [4.69, 9.17) is 9.47 Å². The molecule has 0 radical (unpaired) electrons. The molecule has 0 unspecified atom stereocenters. The number of urea groups is 1. The standard InChI is InChI=1S/C16H24N2O3/c1-18(16(19)17-12-7-5-4-6-8-12)13-9-10-14(20-2)15(11-13)21-3/h9-12H,4-8H2,1-3H3,(H,17,19). The van der Waals surface area contributed by atoms with E-state index >= 15 is 0 Å². The number of rotatable bonds is 4. The Labute approximate surface area is 126 Å². The van der Waals surface area contributed by atoms with Crippen LogP contribution in [0.15, 0.2) is 18.2 Å². The number of methoxy groups -OCH3 is 2. The first-order chi connectivity index (χ1) is 10.2. The van der Waals surface area contributed by atoms with Crippen molar-refractivity contribution in [2.24, 2.45) is 0 Å². The summed E-state index contributed by atoms with van der Waals surface area (Å²) in [6, 6.07) is 5.68. The number of anilines is 1. The highest BCUT2D eigenvalue weighted by molar-refractivity contribution is 5.92. The van der Waals surface area contributed by atoms with Crippen LogP contribution in [0.5, 0.6) is 11.5 Å². The fraction of sp³-hybridized carbons (Fsp3) is 0.562. The average molecular weight is 292 g/mol. The van der Waals surface area contributed by atoms with Gasteiger partial charge in [-0.15, -0.1) is 0 Å². The van der Waals surface area contributed by atoms with Gasteiger partial charge in [-0.25, -0.2) is 4.79 Å². The lowest BCUT2D eigenvalue weighted by Gasteiger charge is -2.26. The van der Waals surface area contributed by atoms with Crippen molar-refractivity contribution in [2.75, 3.05) is 26.2 Å². The Morgan fingerprint density at radius 2 is 1.81 bits per heavy atom. The van der Waals surface area contributed by atoms with Gasteiger partial charge >= 0.3 is 6.03 Å². The molecule has 1 aliphatic carbocycles. The first kappa shape index (κ1) is 15.5. The molecule has 1 aromatic rings. The summed E-state index contributed by atoms with van der Waals surface area (Å²) >= 11 is 0. The number of carbonyl (C=O) groups excluding carboxylic acids is 1. The van der Waals surface area contributed by atoms with Gasteiger partial charge in [0, 0.05) is 24.8 Å². The van der Waals surface area contributed by atoms with Crippen LogP contribution in [0.2, 0.25) is 0 Å². The quantitative estimate of drug-likeness (QED) is 0.927. The van der Waals surface area contributed by atoms with Crippen molar-refractivity contribution in [2.45, 2.75) is 38.1 Å². The third kappa shape index (κ3) is 3.80. The highest BCUT2D eigenvalue weighted by Gasteiger charge is 2.19. The average Bonchev–Trinajstić information content (AvgIpc) is 2.54. The molecule has 116 valence electrons. The van der Waals surface area contributed by atoms with Gasteiger partial charge in [-0.2, -0.15) is 0 Å². The minimum atomic E-state index is -0.0749. The molecule has 0 bridgehead atoms. The summed E-state index contributed by atoms with van der Waals surface area (Å²) in [4.78, 5) is 13.9. The van der Waals surface area contributed by atoms with Crippen molar-refractivity contribution in [1.29, 1.82) is 0 Å². The second kappa shape index (κ2) is 7.20. The van der Waals surface area contributed by atoms with Gasteiger partial charge in [-0.1, -0.05) is 19.3 Å². The molecule has 1 aliphatic rings. The molecular weight excluding hydrogens is 268 g/mol. The van der Waals surface area contributed by atoms with Crippen LogP contribution < -0.4 is 19.7 Å². The summed E-state index contributed by atoms with van der Waals surface area (Å²) in [5.74, 6) is 1.27. The number of nitrogens with zero attached hydrogens (tertiary/aromatic N) is 1. The predicted molar refractivity (Wildman–Crippen MR) is 83.4 cm³/mol. The molecule has 0 spiro atoms. The van der Waals surface area contributed by atoms with Crippen LogP contribution in [-0.4, -0.2) is 33.3 Å². The maximum atomic E-state index is 12.3. The molecule has 0 aromatic heterocycles. The molecule has 0 aliphatic heterocycles. The van der Waals surface area contributed by atoms with Gasteiger partial charge in [0.2, 0.25) is 0 Å². The summed E-state index contributed by atoms with van der Waals surface area (Å²) < 4.78 is 10.5. The molecule has 5 nitrogen and oxygen atoms in total. The van der Waals surface area contributed by atoms with Crippen LogP contribution >= 0.6 is 0 Å². The van der Waals surface area contributed by atoms with E-state index in [1.54, 1.807) is 38.3 Å². The lowest BCUT2D eigenvalue weighted by atomic mass is 9.96. The number of ether oxygens (including phenoxy) is 2. The number of hydrogen-bond donors (Lipinski definition) is 1. The highest BCUT2D eigenvalue weighted by atomic mass is 16.5. The van der Waals surface area contributed by atoms with Gasteiger partial charge in [-0.05, 0) is 25.0 Å². The lowest BCUT2D eigenvalue weighted by molar-refractivity contribution is 0.239. The molecular formula is C16H24N2O3. The number of nitrogens with one attached hydrogen (secondary N) is 1. The summed E-state index contributed by atoms with van der Waals surface area (Å²) in [6.45, 7) is 0. The molecule has 0 heterocycles. The molecule has 1 saturated carbocycles. The fourth-order valence-electron chi connectivity index (χ4n) is 2.67. The van der Waals surface area contributed by atoms with E-state index in [0.717, 1.165) is 18.5 Å². The highest BCUT2D eigenvalue weighted by Crippen LogP contribution is 2.31. The van der Waals surface area contributed by atoms with Crippen molar-refractivity contribution in [3.8, 4) is 11.5 Å². The largest absolute Gasteiger partial charge is 0.493 e. The molecule has 0 saturated heterocycles. The monoisotopic (exact) mass is 292 g/mol. The predicted octanol–water partition coefficient (Wildman–Crippen LogP) is 3.18. The van der Waals surface area contributed by atoms with Crippen LogP contribution in [0.1, 0.15) is 32.1 Å². The van der Waals surface area contributed by atoms with E-state index < -0.39 is 0 Å². The smallest absolute Gasteiger partial charge is 0.321 e. The normalized spacial score (nSPS) is 15.4. The second-order valence-corrected chi connectivity index (χ2v) is 5.38. The maximum Gasteiger partial charge on any atom is 0.321 e. The zero-order chi connectivity index (χ0) is 15.2. The van der Waals surface area contributed by atoms with Crippen molar-refractivity contribution >= 4 is 11.7 Å². The van der Waals surface area contributed by atoms with E-state index in [2.05, 4.69) is 5.32 Å². The maximum absolute atomic E-state index is 12.3. The molecule has 21 heavy (non-hydrogen) atoms. The Bertz CT molecular complexity index is 484. The Morgan fingerprint density at radius 1 is 1.14 bits per heavy atom. The Balaban J connectivity index is 2.04. The van der Waals surface area contributed by atoms with Gasteiger partial charge in [-0.3, -0.25) is 4.90 Å². The van der Waals surface area contributed by atoms with E-state index in [-0.39, 0.29) is 6.03 Å². The molecule has 0 atom stereocenters. The zero-order valence-electron chi connectivity index (χ0n) is 13.0. The molecule has 1 N–H and O–H groups in total. The van der Waals surface area contributed by atoms with Gasteiger partial charge in [0.25, 0.3) is 0 Å². The first-order valence-corrected chi connectivity index (χ1v) is 7.42. The zero-order valence-corrected chi connectivity index (χ0v) is 13.0. The summed E-state index contributed by atoms with van der Waals surface area (Å²) in [5, 5.41) is 3.10. The molecule has 1 fully saturated rings. The number of benzene rings is 1. The topological polar surface area (TPSA) is 50.8 Å². The summed E-state index contributed by atoms with van der Waals surface area (Å²) in [6.07, 6.45) is 5.82. The van der Waals surface area contributed by atoms with Crippen LogP contribution in [0.3, 0.4) is 0 Å². The van der Waals surface area contributed by atoms with Crippen molar-refractivity contribution in [3.63, 3.8) is 0 Å². The van der Waals surface area contributed by atoms with Crippen molar-refractivity contribution < 1.29 is 14.3 Å². The third-order valence-electron chi connectivity index (χ3n) is 3.99. The Morgan fingerprint density at radius 3 is 2.43 bits per heavy atom. The van der Waals surface area contributed by atoms with Crippen molar-refractivity contribution in [1.82, 2.24) is 5.32 Å². The SMILES string of the molecule is COc1ccc(N(C)C(=O)NC2CCCCC2)cc1OC. The molecule has 5 heteroatoms. The van der Waals surface area contributed by atoms with Crippen LogP contribution in [0.4, 0.5) is 10.5 Å². The Hall–Kier alpha value is -1.91. The third-order valence-corrected chi connectivity index (χ3v) is 3.99. The van der Waals surface area contributed by atoms with E-state index in [9.17, 15) is 4.79 Å². The fourth-order valence-corrected chi connectivity index (χ4v) is 2.67. The molecule has 2 rings (SSSR count). The Kier molecular flexibility index (Phi) is 5.31. The second-order valence-electron chi connectivity index (χ2n) is 5.38. The van der Waals surface area contributed by atoms with Gasteiger partial charge in [0.05, 0.1) is 14.2 Å². The van der Waals surface area contributed by atoms with E-state index in [0.29, 0.717) is 17.5 Å². The van der Waals surface area contributed by atoms with Gasteiger partial charge < -0.3 is 14.8 Å². The minimum absolute atomic E-state index is 0.0749.